The second kappa shape index (κ2) is 12.4. The summed E-state index contributed by atoms with van der Waals surface area (Å²) in [5.74, 6) is 0.615. The first kappa shape index (κ1) is 27.5. The lowest BCUT2D eigenvalue weighted by Crippen LogP contribution is -2.38. The van der Waals surface area contributed by atoms with Crippen molar-refractivity contribution in [3.8, 4) is 0 Å². The monoisotopic (exact) mass is 527 g/mol. The molecule has 1 fully saturated rings. The molecule has 9 heteroatoms. The number of amides is 1. The Kier molecular flexibility index (Phi) is 8.73. The van der Waals surface area contributed by atoms with Crippen molar-refractivity contribution in [2.45, 2.75) is 20.3 Å². The van der Waals surface area contributed by atoms with Gasteiger partial charge < -0.3 is 25.4 Å². The number of carboxylic acids is 1. The average molecular weight is 528 g/mol. The maximum Gasteiger partial charge on any atom is 0.308 e. The Labute approximate surface area is 227 Å². The van der Waals surface area contributed by atoms with Gasteiger partial charge in [0, 0.05) is 43.4 Å². The van der Waals surface area contributed by atoms with E-state index in [1.807, 2.05) is 66.7 Å². The second-order valence-electron chi connectivity index (χ2n) is 9.10. The number of morpholine rings is 1. The lowest BCUT2D eigenvalue weighted by atomic mass is 10.1. The highest BCUT2D eigenvalue weighted by Gasteiger charge is 2.23. The molecule has 1 amide bonds. The lowest BCUT2D eigenvalue weighted by Gasteiger charge is -2.30. The Hall–Kier alpha value is -4.50. The van der Waals surface area contributed by atoms with E-state index in [1.165, 1.54) is 0 Å². The Morgan fingerprint density at radius 3 is 2.38 bits per heavy atom. The lowest BCUT2D eigenvalue weighted by molar-refractivity contribution is -0.136. The molecule has 9 nitrogen and oxygen atoms in total. The number of fused-ring (bicyclic) bond motifs is 1. The highest BCUT2D eigenvalue weighted by atomic mass is 16.5. The summed E-state index contributed by atoms with van der Waals surface area (Å²) in [5.41, 5.74) is 2.82. The van der Waals surface area contributed by atoms with Gasteiger partial charge in [0.05, 0.1) is 19.6 Å². The fraction of sp³-hybridized carbons (Fsp3) is 0.267. The number of carbonyl (C=O) groups excluding carboxylic acids is 1. The minimum Gasteiger partial charge on any atom is -0.481 e. The minimum absolute atomic E-state index is 0. The van der Waals surface area contributed by atoms with E-state index in [0.717, 1.165) is 16.3 Å². The zero-order valence-electron chi connectivity index (χ0n) is 21.1. The molecule has 0 unspecified atom stereocenters. The Bertz CT molecular complexity index is 1470. The molecule has 1 aromatic heterocycles. The SMILES string of the molecule is C.CNc1nc(Cc2ccc(NC(=O)c3ccc4ccccc4c3)cc2)nc(N2CCOCC2)c1CC(=O)O. The first-order chi connectivity index (χ1) is 18.5. The van der Waals surface area contributed by atoms with Crippen molar-refractivity contribution >= 4 is 40.0 Å². The summed E-state index contributed by atoms with van der Waals surface area (Å²) >= 11 is 0. The number of hydrogen-bond acceptors (Lipinski definition) is 7. The van der Waals surface area contributed by atoms with Crippen LogP contribution in [0.3, 0.4) is 0 Å². The molecule has 0 atom stereocenters. The standard InChI is InChI=1S/C29H29N5O4.CH4/c1-30-27-24(18-26(35)36)28(34-12-14-38-15-13-34)33-25(32-27)16-19-6-10-23(11-7-19)31-29(37)22-9-8-20-4-2-3-5-21(20)17-22;/h2-11,17H,12-16,18H2,1H3,(H,31,37)(H,35,36)(H,30,32,33);1H4. The van der Waals surface area contributed by atoms with Crippen LogP contribution in [0, 0.1) is 0 Å². The molecule has 0 bridgehead atoms. The molecule has 0 spiro atoms. The van der Waals surface area contributed by atoms with Crippen molar-refractivity contribution in [1.82, 2.24) is 9.97 Å². The molecule has 0 radical (unpaired) electrons. The summed E-state index contributed by atoms with van der Waals surface area (Å²) in [6.07, 6.45) is 0.285. The maximum atomic E-state index is 12.8. The third kappa shape index (κ3) is 6.50. The summed E-state index contributed by atoms with van der Waals surface area (Å²) in [6, 6.07) is 21.2. The van der Waals surface area contributed by atoms with Crippen LogP contribution in [0.25, 0.3) is 10.8 Å². The molecule has 0 aliphatic carbocycles. The van der Waals surface area contributed by atoms with E-state index in [0.29, 0.717) is 67.0 Å². The molecule has 1 aliphatic heterocycles. The number of nitrogens with one attached hydrogen (secondary N) is 2. The second-order valence-corrected chi connectivity index (χ2v) is 9.10. The van der Waals surface area contributed by atoms with Gasteiger partial charge in [-0.1, -0.05) is 49.9 Å². The zero-order chi connectivity index (χ0) is 26.5. The summed E-state index contributed by atoms with van der Waals surface area (Å²) < 4.78 is 5.46. The number of carboxylic acid groups (broad SMARTS) is 1. The number of anilines is 3. The number of aliphatic carboxylic acids is 1. The van der Waals surface area contributed by atoms with Gasteiger partial charge in [-0.05, 0) is 40.6 Å². The summed E-state index contributed by atoms with van der Waals surface area (Å²) in [7, 11) is 1.73. The van der Waals surface area contributed by atoms with Crippen molar-refractivity contribution in [1.29, 1.82) is 0 Å². The van der Waals surface area contributed by atoms with Gasteiger partial charge in [-0.3, -0.25) is 9.59 Å². The first-order valence-corrected chi connectivity index (χ1v) is 12.5. The van der Waals surface area contributed by atoms with E-state index in [2.05, 4.69) is 20.5 Å². The Balaban J connectivity index is 0.00000353. The number of aromatic nitrogens is 2. The Morgan fingerprint density at radius 1 is 0.974 bits per heavy atom. The molecule has 4 aromatic rings. The smallest absolute Gasteiger partial charge is 0.308 e. The predicted octanol–water partition coefficient (Wildman–Crippen LogP) is 4.61. The van der Waals surface area contributed by atoms with Crippen LogP contribution in [0.15, 0.2) is 66.7 Å². The van der Waals surface area contributed by atoms with Gasteiger partial charge >= 0.3 is 5.97 Å². The van der Waals surface area contributed by atoms with Crippen molar-refractivity contribution in [3.63, 3.8) is 0 Å². The fourth-order valence-electron chi connectivity index (χ4n) is 4.58. The predicted molar refractivity (Wildman–Crippen MR) is 154 cm³/mol. The molecule has 0 saturated carbocycles. The summed E-state index contributed by atoms with van der Waals surface area (Å²) in [6.45, 7) is 2.40. The third-order valence-electron chi connectivity index (χ3n) is 6.49. The van der Waals surface area contributed by atoms with E-state index in [9.17, 15) is 14.7 Å². The normalized spacial score (nSPS) is 13.0. The van der Waals surface area contributed by atoms with Gasteiger partial charge in [0.15, 0.2) is 0 Å². The number of carbonyl (C=O) groups is 2. The van der Waals surface area contributed by atoms with Crippen LogP contribution < -0.4 is 15.5 Å². The van der Waals surface area contributed by atoms with Crippen LogP contribution in [0.4, 0.5) is 17.3 Å². The Morgan fingerprint density at radius 2 is 1.69 bits per heavy atom. The molecule has 202 valence electrons. The number of ether oxygens (including phenoxy) is 1. The molecule has 1 saturated heterocycles. The molecule has 1 aliphatic rings. The van der Waals surface area contributed by atoms with Crippen LogP contribution >= 0.6 is 0 Å². The van der Waals surface area contributed by atoms with E-state index >= 15 is 0 Å². The molecule has 39 heavy (non-hydrogen) atoms. The van der Waals surface area contributed by atoms with Crippen LogP contribution in [0.1, 0.15) is 34.7 Å². The number of nitrogens with zero attached hydrogens (tertiary/aromatic N) is 3. The van der Waals surface area contributed by atoms with E-state index in [4.69, 9.17) is 9.72 Å². The highest BCUT2D eigenvalue weighted by molar-refractivity contribution is 6.06. The van der Waals surface area contributed by atoms with Crippen LogP contribution in [-0.2, 0) is 22.4 Å². The fourth-order valence-corrected chi connectivity index (χ4v) is 4.58. The van der Waals surface area contributed by atoms with Gasteiger partial charge in [-0.25, -0.2) is 9.97 Å². The molecule has 3 aromatic carbocycles. The first-order valence-electron chi connectivity index (χ1n) is 12.5. The maximum absolute atomic E-state index is 12.8. The largest absolute Gasteiger partial charge is 0.481 e. The molecule has 3 N–H and O–H groups in total. The number of rotatable bonds is 8. The quantitative estimate of drug-likeness (QED) is 0.304. The van der Waals surface area contributed by atoms with Crippen molar-refractivity contribution in [2.24, 2.45) is 0 Å². The minimum atomic E-state index is -0.936. The van der Waals surface area contributed by atoms with Gasteiger partial charge in [0.25, 0.3) is 5.91 Å². The topological polar surface area (TPSA) is 117 Å². The number of benzene rings is 3. The van der Waals surface area contributed by atoms with E-state index < -0.39 is 5.97 Å². The summed E-state index contributed by atoms with van der Waals surface area (Å²) in [4.78, 5) is 35.8. The molecule has 5 rings (SSSR count). The van der Waals surface area contributed by atoms with Gasteiger partial charge in [-0.2, -0.15) is 0 Å². The van der Waals surface area contributed by atoms with Crippen LogP contribution in [0.5, 0.6) is 0 Å². The van der Waals surface area contributed by atoms with Crippen molar-refractivity contribution in [2.75, 3.05) is 48.9 Å². The van der Waals surface area contributed by atoms with Gasteiger partial charge in [-0.15, -0.1) is 0 Å². The van der Waals surface area contributed by atoms with Crippen LogP contribution in [0.2, 0.25) is 0 Å². The summed E-state index contributed by atoms with van der Waals surface area (Å²) in [5, 5.41) is 17.6. The highest BCUT2D eigenvalue weighted by Crippen LogP contribution is 2.27. The number of hydrogen-bond donors (Lipinski definition) is 3. The van der Waals surface area contributed by atoms with Crippen LogP contribution in [-0.4, -0.2) is 60.3 Å². The average Bonchev–Trinajstić information content (AvgIpc) is 2.94. The molecular formula is C30H33N5O4. The zero-order valence-corrected chi connectivity index (χ0v) is 21.1. The van der Waals surface area contributed by atoms with Crippen molar-refractivity contribution in [3.05, 3.63) is 89.2 Å². The van der Waals surface area contributed by atoms with E-state index in [1.54, 1.807) is 7.05 Å². The van der Waals surface area contributed by atoms with E-state index in [-0.39, 0.29) is 19.8 Å². The van der Waals surface area contributed by atoms with Crippen molar-refractivity contribution < 1.29 is 19.4 Å². The third-order valence-corrected chi connectivity index (χ3v) is 6.49. The molecule has 2 heterocycles. The van der Waals surface area contributed by atoms with Gasteiger partial charge in [0.2, 0.25) is 0 Å². The van der Waals surface area contributed by atoms with Gasteiger partial charge in [0.1, 0.15) is 17.5 Å². The molecular weight excluding hydrogens is 494 g/mol.